The summed E-state index contributed by atoms with van der Waals surface area (Å²) in [6.45, 7) is 8.99. The van der Waals surface area contributed by atoms with Crippen LogP contribution in [-0.2, 0) is 18.0 Å². The van der Waals surface area contributed by atoms with Gasteiger partial charge in [-0.3, -0.25) is 0 Å². The van der Waals surface area contributed by atoms with Crippen LogP contribution < -0.4 is 5.32 Å². The van der Waals surface area contributed by atoms with Crippen LogP contribution in [0.1, 0.15) is 13.3 Å². The monoisotopic (exact) mass is 309 g/mol. The fraction of sp³-hybridized carbons (Fsp3) is 0.909. The van der Waals surface area contributed by atoms with Crippen LogP contribution >= 0.6 is 0 Å². The molecule has 0 bridgehead atoms. The Morgan fingerprint density at radius 1 is 1.26 bits per heavy atom. The van der Waals surface area contributed by atoms with Crippen LogP contribution in [0.25, 0.3) is 0 Å². The summed E-state index contributed by atoms with van der Waals surface area (Å²) in [5.74, 6) is 0. The van der Waals surface area contributed by atoms with Crippen molar-refractivity contribution in [1.82, 2.24) is 5.32 Å². The van der Waals surface area contributed by atoms with Crippen LogP contribution in [0.15, 0.2) is 0 Å². The minimum absolute atomic E-state index is 0.0661. The molecule has 6 nitrogen and oxygen atoms in total. The van der Waals surface area contributed by atoms with Crippen molar-refractivity contribution < 1.29 is 22.8 Å². The predicted molar refractivity (Wildman–Crippen MR) is 79.0 cm³/mol. The summed E-state index contributed by atoms with van der Waals surface area (Å²) in [7, 11) is -0.266. The number of hydrogen-bond donors (Lipinski definition) is 1. The molecule has 114 valence electrons. The zero-order valence-corrected chi connectivity index (χ0v) is 15.0. The number of alkyl carbamates (subject to hydrolysis) is 1. The Balaban J connectivity index is 4.30. The highest BCUT2D eigenvalue weighted by Gasteiger charge is 2.30. The summed E-state index contributed by atoms with van der Waals surface area (Å²) >= 11 is 0. The molecule has 0 radical (unpaired) electrons. The predicted octanol–water partition coefficient (Wildman–Crippen LogP) is 1.40. The summed E-state index contributed by atoms with van der Waals surface area (Å²) < 4.78 is 21.7. The molecule has 0 aromatic heterocycles. The molecule has 0 saturated heterocycles. The highest BCUT2D eigenvalue weighted by molar-refractivity contribution is 6.70. The van der Waals surface area contributed by atoms with E-state index in [4.69, 9.17) is 18.0 Å². The molecular formula is C11H27NO5Si2. The highest BCUT2D eigenvalue weighted by atomic mass is 28.4. The summed E-state index contributed by atoms with van der Waals surface area (Å²) in [5, 5.41) is 2.69. The molecule has 0 aliphatic carbocycles. The third-order valence-corrected chi connectivity index (χ3v) is 5.53. The summed E-state index contributed by atoms with van der Waals surface area (Å²) in [4.78, 5) is 11.2. The van der Waals surface area contributed by atoms with Crippen molar-refractivity contribution in [3.63, 3.8) is 0 Å². The summed E-state index contributed by atoms with van der Waals surface area (Å²) in [5.41, 5.74) is -0.0661. The number of hydrogen-bond acceptors (Lipinski definition) is 5. The number of amides is 1. The van der Waals surface area contributed by atoms with Crippen molar-refractivity contribution in [1.29, 1.82) is 0 Å². The Morgan fingerprint density at radius 2 is 1.84 bits per heavy atom. The minimum atomic E-state index is -1.87. The molecule has 1 atom stereocenters. The topological polar surface area (TPSA) is 66.0 Å². The number of nitrogens with one attached hydrogen (secondary N) is 1. The molecule has 0 heterocycles. The van der Waals surface area contributed by atoms with Crippen molar-refractivity contribution in [2.24, 2.45) is 0 Å². The van der Waals surface area contributed by atoms with Crippen molar-refractivity contribution in [3.8, 4) is 0 Å². The van der Waals surface area contributed by atoms with Gasteiger partial charge in [-0.1, -0.05) is 0 Å². The Hall–Kier alpha value is -0.416. The molecule has 8 heteroatoms. The van der Waals surface area contributed by atoms with Crippen LogP contribution in [0.3, 0.4) is 0 Å². The number of carbonyl (C=O) groups excluding carboxylic acids is 1. The molecule has 0 rings (SSSR count). The van der Waals surface area contributed by atoms with Crippen LogP contribution in [0, 0.1) is 0 Å². The maximum atomic E-state index is 11.2. The first-order valence-electron chi connectivity index (χ1n) is 6.48. The lowest BCUT2D eigenvalue weighted by molar-refractivity contribution is 0.146. The molecule has 0 aromatic rings. The van der Waals surface area contributed by atoms with E-state index in [2.05, 4.69) is 25.0 Å². The van der Waals surface area contributed by atoms with Gasteiger partial charge in [0.05, 0.1) is 12.3 Å². The molecule has 1 amide bonds. The molecule has 1 unspecified atom stereocenters. The van der Waals surface area contributed by atoms with E-state index in [0.717, 1.165) is 0 Å². The lowest BCUT2D eigenvalue weighted by Crippen LogP contribution is -2.45. The SMILES string of the molecule is CCOC(=O)NCCC(O[Si](C)(C)C)[SiH](OC)OC. The normalized spacial score (nSPS) is 13.4. The third-order valence-electron chi connectivity index (χ3n) is 2.25. The van der Waals surface area contributed by atoms with Crippen LogP contribution in [0.5, 0.6) is 0 Å². The van der Waals surface area contributed by atoms with E-state index in [1.165, 1.54) is 0 Å². The van der Waals surface area contributed by atoms with Gasteiger partial charge in [0, 0.05) is 20.8 Å². The number of carbonyl (C=O) groups is 1. The van der Waals surface area contributed by atoms with Crippen molar-refractivity contribution in [2.45, 2.75) is 38.7 Å². The van der Waals surface area contributed by atoms with Gasteiger partial charge in [0.15, 0.2) is 8.32 Å². The first kappa shape index (κ1) is 18.6. The van der Waals surface area contributed by atoms with Crippen LogP contribution in [0.2, 0.25) is 19.6 Å². The zero-order chi connectivity index (χ0) is 14.9. The second-order valence-electron chi connectivity index (χ2n) is 5.04. The van der Waals surface area contributed by atoms with Crippen LogP contribution in [-0.4, -0.2) is 56.8 Å². The Kier molecular flexibility index (Phi) is 9.27. The van der Waals surface area contributed by atoms with Gasteiger partial charge in [-0.2, -0.15) is 0 Å². The second-order valence-corrected chi connectivity index (χ2v) is 11.9. The van der Waals surface area contributed by atoms with Crippen LogP contribution in [0.4, 0.5) is 4.79 Å². The summed E-state index contributed by atoms with van der Waals surface area (Å²) in [6, 6.07) is 0. The van der Waals surface area contributed by atoms with E-state index in [0.29, 0.717) is 19.6 Å². The van der Waals surface area contributed by atoms with Crippen molar-refractivity contribution in [3.05, 3.63) is 0 Å². The fourth-order valence-electron chi connectivity index (χ4n) is 1.60. The van der Waals surface area contributed by atoms with Gasteiger partial charge >= 0.3 is 15.4 Å². The Bertz CT molecular complexity index is 256. The average Bonchev–Trinajstić information content (AvgIpc) is 2.28. The Morgan fingerprint density at radius 3 is 2.26 bits per heavy atom. The van der Waals surface area contributed by atoms with E-state index in [9.17, 15) is 4.79 Å². The van der Waals surface area contributed by atoms with E-state index >= 15 is 0 Å². The van der Waals surface area contributed by atoms with Gasteiger partial charge in [-0.15, -0.1) is 0 Å². The van der Waals surface area contributed by atoms with Gasteiger partial charge < -0.3 is 23.3 Å². The van der Waals surface area contributed by atoms with Crippen molar-refractivity contribution in [2.75, 3.05) is 27.4 Å². The number of ether oxygens (including phenoxy) is 1. The molecule has 0 spiro atoms. The second kappa shape index (κ2) is 9.48. The standard InChI is InChI=1S/C11H27NO5Si2/c1-7-16-11(13)12-9-8-10(17-19(4,5)6)18(14-2)15-3/h10,18H,7-9H2,1-6H3,(H,12,13). The quantitative estimate of drug-likeness (QED) is 0.652. The molecule has 0 saturated carbocycles. The molecule has 0 fully saturated rings. The van der Waals surface area contributed by atoms with Crippen molar-refractivity contribution >= 4 is 23.7 Å². The van der Waals surface area contributed by atoms with Gasteiger partial charge in [-0.25, -0.2) is 4.79 Å². The maximum Gasteiger partial charge on any atom is 0.407 e. The number of rotatable bonds is 9. The minimum Gasteiger partial charge on any atom is -0.450 e. The first-order chi connectivity index (χ1) is 8.84. The molecular weight excluding hydrogens is 282 g/mol. The smallest absolute Gasteiger partial charge is 0.407 e. The van der Waals surface area contributed by atoms with Gasteiger partial charge in [-0.05, 0) is 33.0 Å². The average molecular weight is 310 g/mol. The van der Waals surface area contributed by atoms with E-state index in [1.807, 2.05) is 0 Å². The van der Waals surface area contributed by atoms with E-state index in [-0.39, 0.29) is 5.73 Å². The summed E-state index contributed by atoms with van der Waals surface area (Å²) in [6.07, 6.45) is 0.268. The molecule has 1 N–H and O–H groups in total. The largest absolute Gasteiger partial charge is 0.450 e. The maximum absolute atomic E-state index is 11.2. The van der Waals surface area contributed by atoms with E-state index in [1.54, 1.807) is 21.1 Å². The lowest BCUT2D eigenvalue weighted by Gasteiger charge is -2.29. The molecule has 0 aliphatic rings. The molecule has 0 aromatic carbocycles. The fourth-order valence-corrected chi connectivity index (χ4v) is 5.54. The van der Waals surface area contributed by atoms with Gasteiger partial charge in [0.2, 0.25) is 0 Å². The molecule has 19 heavy (non-hydrogen) atoms. The zero-order valence-electron chi connectivity index (χ0n) is 12.8. The molecule has 0 aliphatic heterocycles. The van der Waals surface area contributed by atoms with E-state index < -0.39 is 23.7 Å². The van der Waals surface area contributed by atoms with Gasteiger partial charge in [0.25, 0.3) is 0 Å². The lowest BCUT2D eigenvalue weighted by atomic mass is 10.4. The van der Waals surface area contributed by atoms with Gasteiger partial charge in [0.1, 0.15) is 0 Å². The Labute approximate surface area is 118 Å². The third kappa shape index (κ3) is 9.17. The highest BCUT2D eigenvalue weighted by Crippen LogP contribution is 2.13. The first-order valence-corrected chi connectivity index (χ1v) is 11.5.